The molecule has 0 amide bonds. The molecule has 0 unspecified atom stereocenters. The van der Waals surface area contributed by atoms with Crippen LogP contribution in [0.3, 0.4) is 0 Å². The molecule has 8 rings (SSSR count). The van der Waals surface area contributed by atoms with Crippen LogP contribution in [0.2, 0.25) is 0 Å². The fourth-order valence-electron chi connectivity index (χ4n) is 6.81. The molecule has 0 N–H and O–H groups in total. The van der Waals surface area contributed by atoms with E-state index in [1.807, 2.05) is 12.4 Å². The van der Waals surface area contributed by atoms with E-state index >= 15 is 0 Å². The van der Waals surface area contributed by atoms with Crippen molar-refractivity contribution >= 4 is 38.6 Å². The second kappa shape index (κ2) is 12.5. The summed E-state index contributed by atoms with van der Waals surface area (Å²) >= 11 is 0. The number of nitrogens with zero attached hydrogens (tertiary/aromatic N) is 2. The lowest BCUT2D eigenvalue weighted by atomic mass is 9.88. The fraction of sp³-hybridized carbons (Fsp3) is 0.0217. The van der Waals surface area contributed by atoms with Gasteiger partial charge in [0.25, 0.3) is 0 Å². The Morgan fingerprint density at radius 2 is 1.08 bits per heavy atom. The Kier molecular flexibility index (Phi) is 7.60. The largest absolute Gasteiger partial charge is 0.310 e. The first-order valence-electron chi connectivity index (χ1n) is 16.3. The normalized spacial score (nSPS) is 11.1. The number of hydrogen-bond acceptors (Lipinski definition) is 2. The van der Waals surface area contributed by atoms with Crippen molar-refractivity contribution in [2.75, 3.05) is 4.90 Å². The summed E-state index contributed by atoms with van der Waals surface area (Å²) < 4.78 is 0. The van der Waals surface area contributed by atoms with Gasteiger partial charge in [-0.3, -0.25) is 4.98 Å². The Bertz CT molecular complexity index is 2370. The first kappa shape index (κ1) is 29.2. The molecule has 8 aromatic rings. The third-order valence-electron chi connectivity index (χ3n) is 9.18. The van der Waals surface area contributed by atoms with Gasteiger partial charge in [-0.2, -0.15) is 0 Å². The van der Waals surface area contributed by atoms with E-state index in [-0.39, 0.29) is 0 Å². The predicted octanol–water partition coefficient (Wildman–Crippen LogP) is 12.5. The van der Waals surface area contributed by atoms with Crippen molar-refractivity contribution in [1.29, 1.82) is 0 Å². The van der Waals surface area contributed by atoms with E-state index in [0.29, 0.717) is 0 Å². The molecule has 2 heteroatoms. The van der Waals surface area contributed by atoms with Crippen LogP contribution in [0.25, 0.3) is 60.6 Å². The highest BCUT2D eigenvalue weighted by atomic mass is 15.1. The van der Waals surface area contributed by atoms with E-state index in [4.69, 9.17) is 6.58 Å². The summed E-state index contributed by atoms with van der Waals surface area (Å²) in [5.41, 5.74) is 12.3. The van der Waals surface area contributed by atoms with Crippen LogP contribution in [0.15, 0.2) is 183 Å². The van der Waals surface area contributed by atoms with Crippen LogP contribution in [0.1, 0.15) is 11.1 Å². The molecule has 0 saturated heterocycles. The van der Waals surface area contributed by atoms with Crippen LogP contribution >= 0.6 is 0 Å². The van der Waals surface area contributed by atoms with Gasteiger partial charge in [0.15, 0.2) is 0 Å². The van der Waals surface area contributed by atoms with E-state index in [1.165, 1.54) is 32.7 Å². The molecule has 1 aromatic heterocycles. The summed E-state index contributed by atoms with van der Waals surface area (Å²) in [4.78, 5) is 6.52. The summed E-state index contributed by atoms with van der Waals surface area (Å²) in [6.45, 7) is 6.96. The van der Waals surface area contributed by atoms with E-state index in [2.05, 4.69) is 181 Å². The average molecular weight is 615 g/mol. The number of hydrogen-bond donors (Lipinski definition) is 0. The Balaban J connectivity index is 1.39. The summed E-state index contributed by atoms with van der Waals surface area (Å²) in [5.74, 6) is 0. The Hall–Kier alpha value is -6.25. The van der Waals surface area contributed by atoms with Crippen LogP contribution < -0.4 is 4.90 Å². The molecule has 0 aliphatic heterocycles. The summed E-state index contributed by atoms with van der Waals surface area (Å²) in [6, 6.07) is 58.6. The van der Waals surface area contributed by atoms with Crippen molar-refractivity contribution in [2.24, 2.45) is 0 Å². The number of aromatic nitrogens is 1. The molecule has 0 fully saturated rings. The molecule has 1 heterocycles. The number of anilines is 2. The van der Waals surface area contributed by atoms with Crippen LogP contribution in [0.4, 0.5) is 11.4 Å². The zero-order chi connectivity index (χ0) is 32.5. The molecular weight excluding hydrogens is 581 g/mol. The van der Waals surface area contributed by atoms with Gasteiger partial charge < -0.3 is 4.90 Å². The topological polar surface area (TPSA) is 16.1 Å². The lowest BCUT2D eigenvalue weighted by molar-refractivity contribution is 1.26. The minimum Gasteiger partial charge on any atom is -0.310 e. The third kappa shape index (κ3) is 5.44. The zero-order valence-corrected chi connectivity index (χ0v) is 26.8. The van der Waals surface area contributed by atoms with Gasteiger partial charge in [-0.1, -0.05) is 110 Å². The zero-order valence-electron chi connectivity index (χ0n) is 26.8. The van der Waals surface area contributed by atoms with Gasteiger partial charge in [-0.25, -0.2) is 0 Å². The average Bonchev–Trinajstić information content (AvgIpc) is 3.15. The number of benzene rings is 7. The van der Waals surface area contributed by atoms with E-state index in [1.54, 1.807) is 0 Å². The highest BCUT2D eigenvalue weighted by molar-refractivity contribution is 6.13. The monoisotopic (exact) mass is 614 g/mol. The lowest BCUT2D eigenvalue weighted by Gasteiger charge is -2.29. The Morgan fingerprint density at radius 1 is 0.500 bits per heavy atom. The molecule has 0 aliphatic carbocycles. The van der Waals surface area contributed by atoms with Crippen molar-refractivity contribution in [3.63, 3.8) is 0 Å². The van der Waals surface area contributed by atoms with Gasteiger partial charge in [0, 0.05) is 29.5 Å². The van der Waals surface area contributed by atoms with Crippen LogP contribution in [0.5, 0.6) is 0 Å². The molecule has 48 heavy (non-hydrogen) atoms. The molecule has 0 radical (unpaired) electrons. The first-order valence-corrected chi connectivity index (χ1v) is 16.3. The van der Waals surface area contributed by atoms with Crippen LogP contribution in [-0.4, -0.2) is 4.98 Å². The van der Waals surface area contributed by atoms with Crippen molar-refractivity contribution in [2.45, 2.75) is 6.92 Å². The van der Waals surface area contributed by atoms with Gasteiger partial charge >= 0.3 is 0 Å². The maximum absolute atomic E-state index is 4.80. The minimum absolute atomic E-state index is 0.911. The number of fused-ring (bicyclic) bond motifs is 2. The highest BCUT2D eigenvalue weighted by Gasteiger charge is 2.19. The predicted molar refractivity (Wildman–Crippen MR) is 204 cm³/mol. The minimum atomic E-state index is 0.911. The van der Waals surface area contributed by atoms with E-state index in [9.17, 15) is 0 Å². The van der Waals surface area contributed by atoms with Crippen LogP contribution in [-0.2, 0) is 0 Å². The maximum Gasteiger partial charge on any atom is 0.0490 e. The summed E-state index contributed by atoms with van der Waals surface area (Å²) in [6.07, 6.45) is 3.69. The number of aryl methyl sites for hydroxylation is 1. The van der Waals surface area contributed by atoms with Crippen molar-refractivity contribution in [3.05, 3.63) is 194 Å². The van der Waals surface area contributed by atoms with Gasteiger partial charge in [0.05, 0.1) is 0 Å². The second-order valence-corrected chi connectivity index (χ2v) is 12.2. The summed E-state index contributed by atoms with van der Waals surface area (Å²) in [7, 11) is 0. The standard InChI is InChI=1S/C46H34N2/c1-32-13-6-11-22-45(32)48(42-18-4-3-5-19-42)33(2)39-29-40(36-17-12-16-35(27-36)34-23-25-47-26-24-34)31-41(30-39)46-43-20-9-7-14-37(43)28-38-15-8-10-21-44(38)46/h3-31H,2H2,1H3. The lowest BCUT2D eigenvalue weighted by Crippen LogP contribution is -2.16. The third-order valence-corrected chi connectivity index (χ3v) is 9.18. The molecule has 0 aliphatic rings. The van der Waals surface area contributed by atoms with Gasteiger partial charge in [0.1, 0.15) is 0 Å². The first-order chi connectivity index (χ1) is 23.6. The van der Waals surface area contributed by atoms with Gasteiger partial charge in [-0.05, 0) is 134 Å². The van der Waals surface area contributed by atoms with Gasteiger partial charge in [0.2, 0.25) is 0 Å². The second-order valence-electron chi connectivity index (χ2n) is 12.2. The molecule has 0 bridgehead atoms. The van der Waals surface area contributed by atoms with E-state index in [0.717, 1.165) is 50.5 Å². The number of para-hydroxylation sites is 2. The Labute approximate surface area is 281 Å². The summed E-state index contributed by atoms with van der Waals surface area (Å²) in [5, 5.41) is 4.91. The molecule has 228 valence electrons. The van der Waals surface area contributed by atoms with Crippen molar-refractivity contribution in [1.82, 2.24) is 4.98 Å². The molecular formula is C46H34N2. The smallest absolute Gasteiger partial charge is 0.0490 e. The molecule has 7 aromatic carbocycles. The van der Waals surface area contributed by atoms with Gasteiger partial charge in [-0.15, -0.1) is 0 Å². The molecule has 0 atom stereocenters. The van der Waals surface area contributed by atoms with Crippen molar-refractivity contribution in [3.8, 4) is 33.4 Å². The molecule has 2 nitrogen and oxygen atoms in total. The molecule has 0 saturated carbocycles. The van der Waals surface area contributed by atoms with Crippen molar-refractivity contribution < 1.29 is 0 Å². The van der Waals surface area contributed by atoms with Crippen LogP contribution in [0, 0.1) is 6.92 Å². The fourth-order valence-corrected chi connectivity index (χ4v) is 6.81. The number of pyridine rings is 1. The highest BCUT2D eigenvalue weighted by Crippen LogP contribution is 2.42. The SMILES string of the molecule is C=C(c1cc(-c2cccc(-c3ccncc3)c2)cc(-c2c3ccccc3cc3ccccc23)c1)N(c1ccccc1)c1ccccc1C. The molecule has 0 spiro atoms. The van der Waals surface area contributed by atoms with E-state index < -0.39 is 0 Å². The quantitative estimate of drug-likeness (QED) is 0.166. The Morgan fingerprint density at radius 3 is 1.79 bits per heavy atom. The number of rotatable bonds is 7. The maximum atomic E-state index is 4.80.